The van der Waals surface area contributed by atoms with Crippen LogP contribution in [0.3, 0.4) is 0 Å². The molecule has 0 saturated carbocycles. The molecule has 2 aliphatic heterocycles. The van der Waals surface area contributed by atoms with Crippen LogP contribution in [0.5, 0.6) is 0 Å². The van der Waals surface area contributed by atoms with Crippen molar-refractivity contribution in [3.8, 4) is 33.8 Å². The highest BCUT2D eigenvalue weighted by Crippen LogP contribution is 2.53. The molecule has 13 aromatic rings. The van der Waals surface area contributed by atoms with Gasteiger partial charge in [0.25, 0.3) is 6.71 Å². The Labute approximate surface area is 523 Å². The summed E-state index contributed by atoms with van der Waals surface area (Å²) in [6, 6.07) is 88.8. The minimum Gasteiger partial charge on any atom is -0.456 e. The van der Waals surface area contributed by atoms with Crippen molar-refractivity contribution in [2.24, 2.45) is 0 Å². The Kier molecular flexibility index (Phi) is 12.0. The maximum absolute atomic E-state index is 6.52. The van der Waals surface area contributed by atoms with E-state index in [9.17, 15) is 0 Å². The largest absolute Gasteiger partial charge is 0.456 e. The Morgan fingerprint density at radius 3 is 1.42 bits per heavy atom. The summed E-state index contributed by atoms with van der Waals surface area (Å²) in [4.78, 5) is 7.66. The highest BCUT2D eigenvalue weighted by molar-refractivity contribution is 7.00. The molecule has 0 unspecified atom stereocenters. The summed E-state index contributed by atoms with van der Waals surface area (Å²) >= 11 is 0. The molecule has 0 radical (unpaired) electrons. The number of fused-ring (bicyclic) bond motifs is 10. The zero-order valence-electron chi connectivity index (χ0n) is 52.8. The molecular formula is C83H72BN3O2. The summed E-state index contributed by atoms with van der Waals surface area (Å²) < 4.78 is 13.0. The topological polar surface area (TPSA) is 36.0 Å². The lowest BCUT2D eigenvalue weighted by atomic mass is 9.33. The number of rotatable bonds is 7. The molecular weight excluding hydrogens is 1080 g/mol. The number of hydrogen-bond donors (Lipinski definition) is 0. The van der Waals surface area contributed by atoms with Gasteiger partial charge in [-0.05, 0) is 198 Å². The van der Waals surface area contributed by atoms with Gasteiger partial charge >= 0.3 is 0 Å². The van der Waals surface area contributed by atoms with Gasteiger partial charge < -0.3 is 23.5 Å². The number of benzene rings is 11. The van der Waals surface area contributed by atoms with Crippen LogP contribution in [0.2, 0.25) is 0 Å². The molecule has 5 nitrogen and oxygen atoms in total. The Hall–Kier alpha value is -9.78. The molecule has 89 heavy (non-hydrogen) atoms. The lowest BCUT2D eigenvalue weighted by molar-refractivity contribution is 0.590. The molecule has 0 fully saturated rings. The Bertz CT molecular complexity index is 4960. The van der Waals surface area contributed by atoms with Crippen LogP contribution in [-0.2, 0) is 21.7 Å². The van der Waals surface area contributed by atoms with Gasteiger partial charge in [0, 0.05) is 72.8 Å². The highest BCUT2D eigenvalue weighted by atomic mass is 16.3. The molecule has 1 aliphatic carbocycles. The molecule has 0 bridgehead atoms. The summed E-state index contributed by atoms with van der Waals surface area (Å²) in [5, 5.41) is 4.47. The van der Waals surface area contributed by atoms with Crippen LogP contribution in [0.15, 0.2) is 245 Å². The van der Waals surface area contributed by atoms with Crippen molar-refractivity contribution in [1.29, 1.82) is 0 Å². The van der Waals surface area contributed by atoms with Gasteiger partial charge in [0.05, 0.1) is 5.69 Å². The van der Waals surface area contributed by atoms with Crippen molar-refractivity contribution in [3.63, 3.8) is 0 Å². The molecule has 11 aromatic carbocycles. The minimum atomic E-state index is -0.230. The number of nitrogens with zero attached hydrogens (tertiary/aromatic N) is 3. The molecule has 4 heterocycles. The molecule has 0 N–H and O–H groups in total. The van der Waals surface area contributed by atoms with Crippen LogP contribution >= 0.6 is 0 Å². The fourth-order valence-electron chi connectivity index (χ4n) is 14.5. The molecule has 0 spiro atoms. The summed E-state index contributed by atoms with van der Waals surface area (Å²) in [7, 11) is 0. The molecule has 2 aromatic heterocycles. The van der Waals surface area contributed by atoms with E-state index in [0.29, 0.717) is 0 Å². The minimum absolute atomic E-state index is 0.0276. The van der Waals surface area contributed by atoms with Crippen LogP contribution in [0.25, 0.3) is 66.5 Å². The van der Waals surface area contributed by atoms with E-state index in [-0.39, 0.29) is 28.4 Å². The normalized spacial score (nSPS) is 14.0. The third-order valence-corrected chi connectivity index (χ3v) is 19.5. The van der Waals surface area contributed by atoms with Crippen molar-refractivity contribution in [2.75, 3.05) is 14.7 Å². The summed E-state index contributed by atoms with van der Waals surface area (Å²) in [6.07, 6.45) is 0. The Balaban J connectivity index is 0.978. The SMILES string of the molecule is CC(C)(C)c1ccc(N2c3ccc(C(C)(C)C)cc3B3c4cc(C(C)(C)C)ccc4N(c4ccc(-c5cc6ccccc6o5)cc4)c4cc(N(c5ccc6c(c5)C(C)(C)c5ccccc5-6)c5ccc6cc(-c7cc8ccccc8o7)ccc6c5)cc2c43)cc1. The van der Waals surface area contributed by atoms with E-state index in [1.54, 1.807) is 0 Å². The smallest absolute Gasteiger partial charge is 0.252 e. The average molecular weight is 1150 g/mol. The summed E-state index contributed by atoms with van der Waals surface area (Å²) in [6.45, 7) is 25.6. The second kappa shape index (κ2) is 19.6. The van der Waals surface area contributed by atoms with E-state index in [2.05, 4.69) is 303 Å². The van der Waals surface area contributed by atoms with Crippen LogP contribution in [0.4, 0.5) is 51.2 Å². The van der Waals surface area contributed by atoms with Gasteiger partial charge in [0.15, 0.2) is 0 Å². The molecule has 16 rings (SSSR count). The molecule has 0 saturated heterocycles. The van der Waals surface area contributed by atoms with E-state index in [1.807, 2.05) is 24.3 Å². The molecule has 434 valence electrons. The van der Waals surface area contributed by atoms with E-state index in [0.717, 1.165) is 95.2 Å². The molecule has 3 aliphatic rings. The van der Waals surface area contributed by atoms with Gasteiger partial charge in [-0.1, -0.05) is 197 Å². The predicted octanol–water partition coefficient (Wildman–Crippen LogP) is 21.4. The predicted molar refractivity (Wildman–Crippen MR) is 377 cm³/mol. The van der Waals surface area contributed by atoms with E-state index >= 15 is 0 Å². The van der Waals surface area contributed by atoms with Crippen molar-refractivity contribution in [3.05, 3.63) is 264 Å². The standard InChI is InChI=1S/C83H72BN3O2/c1-80(2,3)57-29-36-61(37-30-57)87-72-41-32-59(82(7,8)9)47-70(72)84-69-46-58(81(4,5)6)31-40-71(69)86(60-33-26-51(27-34-60)77-44-54-18-12-16-22-75(54)88-77)73-49-64(50-74(87)79(73)84)85(63-38-39-66-65-20-14-15-21-67(65)83(10,11)68(66)48-63)62-35-28-52-42-56(25-24-53(52)43-62)78-45-55-19-13-17-23-76(55)89-78/h12-50H,1-11H3. The number of hydrogen-bond acceptors (Lipinski definition) is 5. The first-order valence-corrected chi connectivity index (χ1v) is 31.6. The fourth-order valence-corrected chi connectivity index (χ4v) is 14.5. The maximum atomic E-state index is 6.52. The zero-order valence-corrected chi connectivity index (χ0v) is 52.8. The van der Waals surface area contributed by atoms with Gasteiger partial charge in [0.1, 0.15) is 22.7 Å². The number of furan rings is 2. The first kappa shape index (κ1) is 54.6. The Morgan fingerprint density at radius 2 is 0.831 bits per heavy atom. The van der Waals surface area contributed by atoms with Crippen LogP contribution in [-0.4, -0.2) is 6.71 Å². The monoisotopic (exact) mass is 1150 g/mol. The van der Waals surface area contributed by atoms with Gasteiger partial charge in [-0.25, -0.2) is 0 Å². The van der Waals surface area contributed by atoms with E-state index < -0.39 is 0 Å². The average Bonchev–Trinajstić information content (AvgIpc) is 1.35. The molecule has 0 amide bonds. The number of para-hydroxylation sites is 2. The fraction of sp³-hybridized carbons (Fsp3) is 0.181. The highest BCUT2D eigenvalue weighted by Gasteiger charge is 2.45. The van der Waals surface area contributed by atoms with E-state index in [4.69, 9.17) is 8.83 Å². The van der Waals surface area contributed by atoms with Crippen molar-refractivity contribution >= 4 is 107 Å². The third kappa shape index (κ3) is 8.88. The lowest BCUT2D eigenvalue weighted by Gasteiger charge is -2.45. The van der Waals surface area contributed by atoms with E-state index in [1.165, 1.54) is 66.7 Å². The quantitative estimate of drug-likeness (QED) is 0.149. The van der Waals surface area contributed by atoms with Crippen molar-refractivity contribution in [1.82, 2.24) is 0 Å². The third-order valence-electron chi connectivity index (χ3n) is 19.5. The zero-order chi connectivity index (χ0) is 61.0. The second-order valence-corrected chi connectivity index (χ2v) is 28.7. The van der Waals surface area contributed by atoms with Crippen LogP contribution in [0.1, 0.15) is 104 Å². The number of anilines is 9. The maximum Gasteiger partial charge on any atom is 0.252 e. The first-order valence-electron chi connectivity index (χ1n) is 31.6. The summed E-state index contributed by atoms with van der Waals surface area (Å²) in [5.41, 5.74) is 26.5. The van der Waals surface area contributed by atoms with Crippen LogP contribution in [0, 0.1) is 0 Å². The van der Waals surface area contributed by atoms with Gasteiger partial charge in [-0.15, -0.1) is 0 Å². The van der Waals surface area contributed by atoms with Gasteiger partial charge in [-0.2, -0.15) is 0 Å². The molecule has 6 heteroatoms. The van der Waals surface area contributed by atoms with Crippen molar-refractivity contribution < 1.29 is 8.83 Å². The second-order valence-electron chi connectivity index (χ2n) is 28.7. The summed E-state index contributed by atoms with van der Waals surface area (Å²) in [5.74, 6) is 1.71. The van der Waals surface area contributed by atoms with Gasteiger partial charge in [0.2, 0.25) is 0 Å². The van der Waals surface area contributed by atoms with Crippen LogP contribution < -0.4 is 31.1 Å². The van der Waals surface area contributed by atoms with Gasteiger partial charge in [-0.3, -0.25) is 0 Å². The Morgan fingerprint density at radius 1 is 0.360 bits per heavy atom. The first-order chi connectivity index (χ1) is 42.7. The molecule has 0 atom stereocenters. The van der Waals surface area contributed by atoms with Crippen molar-refractivity contribution in [2.45, 2.75) is 97.8 Å². The lowest BCUT2D eigenvalue weighted by Crippen LogP contribution is -2.61.